The molecule has 1 fully saturated rings. The number of nitrogens with one attached hydrogen (secondary N) is 1. The fourth-order valence-electron chi connectivity index (χ4n) is 2.61. The van der Waals surface area contributed by atoms with Crippen molar-refractivity contribution in [2.75, 3.05) is 19.8 Å². The van der Waals surface area contributed by atoms with Gasteiger partial charge < -0.3 is 10.1 Å². The molecule has 1 amide bonds. The molecule has 1 aromatic heterocycles. The smallest absolute Gasteiger partial charge is 0.221 e. The fourth-order valence-corrected chi connectivity index (χ4v) is 2.61. The van der Waals surface area contributed by atoms with E-state index in [9.17, 15) is 4.79 Å². The summed E-state index contributed by atoms with van der Waals surface area (Å²) in [5.74, 6) is 0.665. The number of carbonyl (C=O) groups excluding carboxylic acids is 1. The molecule has 1 aliphatic heterocycles. The highest BCUT2D eigenvalue weighted by Gasteiger charge is 2.15. The lowest BCUT2D eigenvalue weighted by Gasteiger charge is -2.09. The summed E-state index contributed by atoms with van der Waals surface area (Å²) in [6.45, 7) is 2.97. The summed E-state index contributed by atoms with van der Waals surface area (Å²) >= 11 is 0. The van der Waals surface area contributed by atoms with Crippen LogP contribution in [-0.2, 0) is 16.1 Å². The molecule has 6 nitrogen and oxygen atoms in total. The molecule has 3 rings (SSSR count). The van der Waals surface area contributed by atoms with Gasteiger partial charge in [0.1, 0.15) is 5.52 Å². The zero-order chi connectivity index (χ0) is 14.5. The van der Waals surface area contributed by atoms with E-state index in [0.29, 0.717) is 18.9 Å². The van der Waals surface area contributed by atoms with Gasteiger partial charge in [0.2, 0.25) is 5.91 Å². The van der Waals surface area contributed by atoms with Crippen LogP contribution in [0.5, 0.6) is 0 Å². The molecule has 1 atom stereocenters. The van der Waals surface area contributed by atoms with E-state index in [-0.39, 0.29) is 5.91 Å². The first kappa shape index (κ1) is 14.0. The Labute approximate surface area is 123 Å². The van der Waals surface area contributed by atoms with Crippen LogP contribution in [0.25, 0.3) is 11.0 Å². The van der Waals surface area contributed by atoms with Gasteiger partial charge in [-0.05, 0) is 30.9 Å². The van der Waals surface area contributed by atoms with Crippen molar-refractivity contribution in [3.8, 4) is 0 Å². The maximum atomic E-state index is 11.8. The van der Waals surface area contributed by atoms with Crippen LogP contribution in [0.4, 0.5) is 0 Å². The van der Waals surface area contributed by atoms with Gasteiger partial charge in [0.15, 0.2) is 0 Å². The number of benzene rings is 1. The average molecular weight is 288 g/mol. The molecule has 0 spiro atoms. The zero-order valence-electron chi connectivity index (χ0n) is 12.0. The number of hydrogen-bond acceptors (Lipinski definition) is 4. The Balaban J connectivity index is 1.43. The standard InChI is InChI=1S/C15H20N4O2/c20-15(16-8-5-12-7-10-21-11-12)6-9-19-14-4-2-1-3-13(14)17-18-19/h1-4,12H,5-11H2,(H,16,20). The van der Waals surface area contributed by atoms with E-state index in [0.717, 1.165) is 43.6 Å². The van der Waals surface area contributed by atoms with E-state index in [2.05, 4.69) is 15.6 Å². The third kappa shape index (κ3) is 3.58. The molecule has 2 aromatic rings. The lowest BCUT2D eigenvalue weighted by molar-refractivity contribution is -0.121. The van der Waals surface area contributed by atoms with Gasteiger partial charge in [-0.25, -0.2) is 4.68 Å². The number of amides is 1. The topological polar surface area (TPSA) is 69.0 Å². The van der Waals surface area contributed by atoms with E-state index < -0.39 is 0 Å². The molecule has 1 N–H and O–H groups in total. The number of fused-ring (bicyclic) bond motifs is 1. The number of aromatic nitrogens is 3. The molecule has 1 aliphatic rings. The maximum absolute atomic E-state index is 11.8. The van der Waals surface area contributed by atoms with E-state index in [1.165, 1.54) is 0 Å². The molecule has 21 heavy (non-hydrogen) atoms. The van der Waals surface area contributed by atoms with Crippen molar-refractivity contribution in [2.45, 2.75) is 25.8 Å². The Bertz CT molecular complexity index is 604. The predicted octanol–water partition coefficient (Wildman–Crippen LogP) is 1.36. The quantitative estimate of drug-likeness (QED) is 0.871. The first-order chi connectivity index (χ1) is 10.3. The predicted molar refractivity (Wildman–Crippen MR) is 78.7 cm³/mol. The van der Waals surface area contributed by atoms with Crippen LogP contribution < -0.4 is 5.32 Å². The Kier molecular flexibility index (Phi) is 4.45. The van der Waals surface area contributed by atoms with Crippen LogP contribution in [0.1, 0.15) is 19.3 Å². The van der Waals surface area contributed by atoms with Crippen molar-refractivity contribution in [3.05, 3.63) is 24.3 Å². The van der Waals surface area contributed by atoms with Crippen LogP contribution in [0, 0.1) is 5.92 Å². The van der Waals surface area contributed by atoms with Gasteiger partial charge in [-0.3, -0.25) is 4.79 Å². The molecule has 0 radical (unpaired) electrons. The second-order valence-corrected chi connectivity index (χ2v) is 5.42. The van der Waals surface area contributed by atoms with Crippen LogP contribution in [0.15, 0.2) is 24.3 Å². The molecule has 2 heterocycles. The number of aryl methyl sites for hydroxylation is 1. The second kappa shape index (κ2) is 6.67. The number of ether oxygens (including phenoxy) is 1. The average Bonchev–Trinajstić information content (AvgIpc) is 3.14. The SMILES string of the molecule is O=C(CCn1nnc2ccccc21)NCCC1CCOC1. The minimum atomic E-state index is 0.0634. The van der Waals surface area contributed by atoms with Crippen LogP contribution in [0.3, 0.4) is 0 Å². The number of carbonyl (C=O) groups is 1. The lowest BCUT2D eigenvalue weighted by atomic mass is 10.1. The van der Waals surface area contributed by atoms with E-state index >= 15 is 0 Å². The van der Waals surface area contributed by atoms with Gasteiger partial charge in [-0.2, -0.15) is 0 Å². The van der Waals surface area contributed by atoms with Crippen molar-refractivity contribution in [1.29, 1.82) is 0 Å². The molecule has 1 aromatic carbocycles. The number of rotatable bonds is 6. The Hall–Kier alpha value is -1.95. The van der Waals surface area contributed by atoms with E-state index in [1.807, 2.05) is 24.3 Å². The summed E-state index contributed by atoms with van der Waals surface area (Å²) in [7, 11) is 0. The van der Waals surface area contributed by atoms with Crippen molar-refractivity contribution in [2.24, 2.45) is 5.92 Å². The lowest BCUT2D eigenvalue weighted by Crippen LogP contribution is -2.27. The third-order valence-corrected chi connectivity index (χ3v) is 3.87. The Morgan fingerprint density at radius 3 is 3.19 bits per heavy atom. The molecular weight excluding hydrogens is 268 g/mol. The molecule has 112 valence electrons. The molecule has 0 bridgehead atoms. The monoisotopic (exact) mass is 288 g/mol. The summed E-state index contributed by atoms with van der Waals surface area (Å²) in [4.78, 5) is 11.8. The van der Waals surface area contributed by atoms with Crippen molar-refractivity contribution >= 4 is 16.9 Å². The third-order valence-electron chi connectivity index (χ3n) is 3.87. The molecule has 6 heteroatoms. The maximum Gasteiger partial charge on any atom is 0.221 e. The summed E-state index contributed by atoms with van der Waals surface area (Å²) in [5, 5.41) is 11.1. The van der Waals surface area contributed by atoms with E-state index in [1.54, 1.807) is 4.68 Å². The van der Waals surface area contributed by atoms with Gasteiger partial charge in [0.25, 0.3) is 0 Å². The molecule has 0 aliphatic carbocycles. The molecule has 1 saturated heterocycles. The second-order valence-electron chi connectivity index (χ2n) is 5.42. The largest absolute Gasteiger partial charge is 0.381 e. The zero-order valence-corrected chi connectivity index (χ0v) is 12.0. The molecular formula is C15H20N4O2. The van der Waals surface area contributed by atoms with E-state index in [4.69, 9.17) is 4.74 Å². The highest BCUT2D eigenvalue weighted by Crippen LogP contribution is 2.15. The number of hydrogen-bond donors (Lipinski definition) is 1. The normalized spacial score (nSPS) is 18.2. The molecule has 0 saturated carbocycles. The summed E-state index contributed by atoms with van der Waals surface area (Å²) in [5.41, 5.74) is 1.83. The minimum Gasteiger partial charge on any atom is -0.381 e. The number of nitrogens with zero attached hydrogens (tertiary/aromatic N) is 3. The summed E-state index contributed by atoms with van der Waals surface area (Å²) in [6, 6.07) is 7.77. The Morgan fingerprint density at radius 1 is 1.43 bits per heavy atom. The summed E-state index contributed by atoms with van der Waals surface area (Å²) < 4.78 is 7.10. The first-order valence-corrected chi connectivity index (χ1v) is 7.45. The fraction of sp³-hybridized carbons (Fsp3) is 0.533. The Morgan fingerprint density at radius 2 is 2.33 bits per heavy atom. The van der Waals surface area contributed by atoms with Gasteiger partial charge >= 0.3 is 0 Å². The highest BCUT2D eigenvalue weighted by molar-refractivity contribution is 5.76. The van der Waals surface area contributed by atoms with Gasteiger partial charge in [0.05, 0.1) is 12.1 Å². The van der Waals surface area contributed by atoms with Gasteiger partial charge in [-0.1, -0.05) is 17.3 Å². The van der Waals surface area contributed by atoms with Crippen molar-refractivity contribution in [1.82, 2.24) is 20.3 Å². The molecule has 1 unspecified atom stereocenters. The van der Waals surface area contributed by atoms with Crippen LogP contribution in [-0.4, -0.2) is 40.7 Å². The highest BCUT2D eigenvalue weighted by atomic mass is 16.5. The van der Waals surface area contributed by atoms with Gasteiger partial charge in [-0.15, -0.1) is 5.10 Å². The van der Waals surface area contributed by atoms with Crippen molar-refractivity contribution in [3.63, 3.8) is 0 Å². The van der Waals surface area contributed by atoms with Crippen LogP contribution >= 0.6 is 0 Å². The number of para-hydroxylation sites is 1. The first-order valence-electron chi connectivity index (χ1n) is 7.45. The van der Waals surface area contributed by atoms with Crippen LogP contribution in [0.2, 0.25) is 0 Å². The van der Waals surface area contributed by atoms with Gasteiger partial charge in [0, 0.05) is 26.2 Å². The summed E-state index contributed by atoms with van der Waals surface area (Å²) in [6.07, 6.45) is 2.54. The van der Waals surface area contributed by atoms with Crippen molar-refractivity contribution < 1.29 is 9.53 Å². The minimum absolute atomic E-state index is 0.0634.